The number of rotatable bonds is 30. The zero-order valence-electron chi connectivity index (χ0n) is 25.9. The van der Waals surface area contributed by atoms with E-state index in [1.165, 1.54) is 96.3 Å². The van der Waals surface area contributed by atoms with Gasteiger partial charge in [-0.15, -0.1) is 0 Å². The van der Waals surface area contributed by atoms with Crippen molar-refractivity contribution in [1.29, 1.82) is 0 Å². The van der Waals surface area contributed by atoms with Gasteiger partial charge in [-0.3, -0.25) is 9.05 Å². The van der Waals surface area contributed by atoms with E-state index in [4.69, 9.17) is 18.5 Å². The van der Waals surface area contributed by atoms with E-state index < -0.39 is 7.82 Å². The molecular weight excluding hydrogens is 501 g/mol. The van der Waals surface area contributed by atoms with Gasteiger partial charge in [-0.1, -0.05) is 117 Å². The Morgan fingerprint density at radius 1 is 0.605 bits per heavy atom. The van der Waals surface area contributed by atoms with Gasteiger partial charge in [0, 0.05) is 13.2 Å². The fourth-order valence-electron chi connectivity index (χ4n) is 4.18. The predicted octanol–water partition coefficient (Wildman–Crippen LogP) is 8.29. The van der Waals surface area contributed by atoms with Crippen LogP contribution in [0, 0.1) is 0 Å². The third kappa shape index (κ3) is 29.0. The third-order valence-electron chi connectivity index (χ3n) is 6.74. The smallest absolute Gasteiger partial charge is 0.379 e. The Balaban J connectivity index is 3.95. The van der Waals surface area contributed by atoms with Crippen LogP contribution in [0.2, 0.25) is 0 Å². The van der Waals surface area contributed by atoms with Crippen molar-refractivity contribution in [3.63, 3.8) is 0 Å². The van der Waals surface area contributed by atoms with Gasteiger partial charge in [0.15, 0.2) is 0 Å². The van der Waals surface area contributed by atoms with E-state index in [0.29, 0.717) is 30.8 Å². The minimum atomic E-state index is -4.10. The van der Waals surface area contributed by atoms with Gasteiger partial charge in [0.1, 0.15) is 19.3 Å². The number of hydrogen-bond acceptors (Lipinski definition) is 5. The van der Waals surface area contributed by atoms with Crippen LogP contribution >= 0.6 is 7.82 Å². The van der Waals surface area contributed by atoms with E-state index in [1.807, 2.05) is 21.1 Å². The molecule has 0 amide bonds. The number of likely N-dealkylation sites (N-methyl/N-ethyl adjacent to an activating group) is 1. The first kappa shape index (κ1) is 38.0. The average molecular weight is 567 g/mol. The second-order valence-electron chi connectivity index (χ2n) is 11.8. The lowest BCUT2D eigenvalue weighted by Crippen LogP contribution is -2.37. The Morgan fingerprint density at radius 2 is 1.05 bits per heavy atom. The normalized spacial score (nSPS) is 14.6. The van der Waals surface area contributed by atoms with Crippen LogP contribution < -0.4 is 0 Å². The van der Waals surface area contributed by atoms with E-state index in [9.17, 15) is 9.46 Å². The molecule has 0 radical (unpaired) electrons. The summed E-state index contributed by atoms with van der Waals surface area (Å²) in [6.45, 7) is 6.88. The molecule has 0 aliphatic rings. The van der Waals surface area contributed by atoms with Crippen LogP contribution in [-0.2, 0) is 23.1 Å². The van der Waals surface area contributed by atoms with Crippen LogP contribution in [0.1, 0.15) is 129 Å². The SMILES string of the molecule is CCCCCCCCCCCCCCCCOCC(COP(=O)(O)OCC[N+](C)(C)C)OCCCCCC. The summed E-state index contributed by atoms with van der Waals surface area (Å²) >= 11 is 0. The Labute approximate surface area is 236 Å². The zero-order chi connectivity index (χ0) is 28.4. The monoisotopic (exact) mass is 566 g/mol. The number of phosphoric acid groups is 1. The van der Waals surface area contributed by atoms with E-state index in [0.717, 1.165) is 19.3 Å². The number of nitrogens with zero attached hydrogens (tertiary/aromatic N) is 1. The van der Waals surface area contributed by atoms with Gasteiger partial charge in [-0.05, 0) is 12.8 Å². The third-order valence-corrected chi connectivity index (χ3v) is 7.72. The molecule has 38 heavy (non-hydrogen) atoms. The Kier molecular flexibility index (Phi) is 25.9. The molecule has 2 unspecified atom stereocenters. The van der Waals surface area contributed by atoms with Crippen molar-refractivity contribution in [3.05, 3.63) is 0 Å². The van der Waals surface area contributed by atoms with Gasteiger partial charge in [-0.25, -0.2) is 4.57 Å². The molecule has 8 heteroatoms. The summed E-state index contributed by atoms with van der Waals surface area (Å²) in [5, 5.41) is 0. The standard InChI is InChI=1S/C30H64NO6P/c1-6-8-10-12-13-14-15-16-17-18-19-20-21-22-25-34-28-30(35-26-23-11-9-7-2)29-37-38(32,33)36-27-24-31(3,4)5/h30H,6-29H2,1-5H3/p+1. The molecule has 0 saturated heterocycles. The highest BCUT2D eigenvalue weighted by Crippen LogP contribution is 2.43. The van der Waals surface area contributed by atoms with E-state index in [1.54, 1.807) is 0 Å². The molecule has 0 fully saturated rings. The number of phosphoric ester groups is 1. The quantitative estimate of drug-likeness (QED) is 0.0536. The molecule has 0 bridgehead atoms. The summed E-state index contributed by atoms with van der Waals surface area (Å²) < 4.78 is 35.0. The van der Waals surface area contributed by atoms with Gasteiger partial charge in [0.05, 0.1) is 34.4 Å². The van der Waals surface area contributed by atoms with Crippen molar-refractivity contribution in [1.82, 2.24) is 0 Å². The van der Waals surface area contributed by atoms with Crippen molar-refractivity contribution >= 4 is 7.82 Å². The van der Waals surface area contributed by atoms with E-state index in [2.05, 4.69) is 13.8 Å². The minimum absolute atomic E-state index is 0.00926. The molecule has 0 saturated carbocycles. The topological polar surface area (TPSA) is 74.2 Å². The maximum Gasteiger partial charge on any atom is 0.472 e. The summed E-state index contributed by atoms with van der Waals surface area (Å²) in [6, 6.07) is 0. The highest BCUT2D eigenvalue weighted by atomic mass is 31.2. The molecule has 0 aromatic heterocycles. The molecule has 7 nitrogen and oxygen atoms in total. The first-order chi connectivity index (χ1) is 18.2. The molecule has 0 aromatic rings. The Hall–Kier alpha value is -0.0100. The van der Waals surface area contributed by atoms with Gasteiger partial charge in [-0.2, -0.15) is 0 Å². The molecule has 230 valence electrons. The largest absolute Gasteiger partial charge is 0.472 e. The number of hydrogen-bond donors (Lipinski definition) is 1. The van der Waals surface area contributed by atoms with E-state index in [-0.39, 0.29) is 19.3 Å². The molecular formula is C30H65NO6P+. The van der Waals surface area contributed by atoms with Gasteiger partial charge >= 0.3 is 7.82 Å². The van der Waals surface area contributed by atoms with Gasteiger partial charge in [0.2, 0.25) is 0 Å². The first-order valence-electron chi connectivity index (χ1n) is 15.8. The predicted molar refractivity (Wildman–Crippen MR) is 160 cm³/mol. The maximum atomic E-state index is 12.3. The lowest BCUT2D eigenvalue weighted by Gasteiger charge is -2.24. The second-order valence-corrected chi connectivity index (χ2v) is 13.3. The summed E-state index contributed by atoms with van der Waals surface area (Å²) in [5.41, 5.74) is 0. The maximum absolute atomic E-state index is 12.3. The van der Waals surface area contributed by atoms with E-state index >= 15 is 0 Å². The highest BCUT2D eigenvalue weighted by Gasteiger charge is 2.25. The second kappa shape index (κ2) is 25.9. The zero-order valence-corrected chi connectivity index (χ0v) is 26.8. The van der Waals surface area contributed by atoms with Crippen LogP contribution in [0.3, 0.4) is 0 Å². The number of quaternary nitrogens is 1. The molecule has 0 heterocycles. The van der Waals surface area contributed by atoms with Crippen molar-refractivity contribution < 1.29 is 32.5 Å². The number of ether oxygens (including phenoxy) is 2. The molecule has 0 aromatic carbocycles. The van der Waals surface area contributed by atoms with Crippen LogP contribution in [0.5, 0.6) is 0 Å². The fraction of sp³-hybridized carbons (Fsp3) is 1.00. The number of unbranched alkanes of at least 4 members (excludes halogenated alkanes) is 16. The fourth-order valence-corrected chi connectivity index (χ4v) is 4.92. The summed E-state index contributed by atoms with van der Waals surface area (Å²) in [4.78, 5) is 10.0. The lowest BCUT2D eigenvalue weighted by molar-refractivity contribution is -0.870. The van der Waals surface area contributed by atoms with Gasteiger partial charge in [0.25, 0.3) is 0 Å². The summed E-state index contributed by atoms with van der Waals surface area (Å²) in [6.07, 6.45) is 22.8. The highest BCUT2D eigenvalue weighted by molar-refractivity contribution is 7.47. The van der Waals surface area contributed by atoms with Gasteiger partial charge < -0.3 is 18.9 Å². The van der Waals surface area contributed by atoms with Crippen molar-refractivity contribution in [2.45, 2.75) is 136 Å². The van der Waals surface area contributed by atoms with Crippen LogP contribution in [0.25, 0.3) is 0 Å². The molecule has 0 rings (SSSR count). The summed E-state index contributed by atoms with van der Waals surface area (Å²) in [7, 11) is 1.91. The average Bonchev–Trinajstić information content (AvgIpc) is 2.85. The molecule has 0 aliphatic heterocycles. The molecule has 0 aliphatic carbocycles. The first-order valence-corrected chi connectivity index (χ1v) is 17.3. The van der Waals surface area contributed by atoms with Crippen LogP contribution in [0.4, 0.5) is 0 Å². The van der Waals surface area contributed by atoms with Crippen molar-refractivity contribution in [2.24, 2.45) is 0 Å². The summed E-state index contributed by atoms with van der Waals surface area (Å²) in [5.74, 6) is 0. The Bertz CT molecular complexity index is 543. The lowest BCUT2D eigenvalue weighted by atomic mass is 10.0. The molecule has 0 spiro atoms. The van der Waals surface area contributed by atoms with Crippen molar-refractivity contribution in [2.75, 3.05) is 60.7 Å². The van der Waals surface area contributed by atoms with Crippen molar-refractivity contribution in [3.8, 4) is 0 Å². The van der Waals surface area contributed by atoms with Crippen LogP contribution in [0.15, 0.2) is 0 Å². The molecule has 2 atom stereocenters. The minimum Gasteiger partial charge on any atom is -0.379 e. The molecule has 1 N–H and O–H groups in total. The van der Waals surface area contributed by atoms with Crippen LogP contribution in [-0.4, -0.2) is 76.2 Å². The Morgan fingerprint density at radius 3 is 1.55 bits per heavy atom.